The Morgan fingerprint density at radius 2 is 1.64 bits per heavy atom. The molecule has 0 heterocycles. The van der Waals surface area contributed by atoms with Crippen LogP contribution < -0.4 is 16.8 Å². The van der Waals surface area contributed by atoms with Gasteiger partial charge in [-0.05, 0) is 30.2 Å². The molecular formula is C23H24N4O5S. The van der Waals surface area contributed by atoms with Crippen molar-refractivity contribution in [3.63, 3.8) is 0 Å². The molecule has 10 heteroatoms. The molecule has 3 rings (SSSR count). The second-order valence-corrected chi connectivity index (χ2v) is 9.48. The highest BCUT2D eigenvalue weighted by molar-refractivity contribution is 7.96. The number of rotatable bonds is 7. The van der Waals surface area contributed by atoms with Crippen molar-refractivity contribution < 1.29 is 23.1 Å². The molecule has 2 aromatic rings. The number of carbonyl (C=O) groups excluding carboxylic acids is 1. The van der Waals surface area contributed by atoms with Crippen molar-refractivity contribution in [2.75, 3.05) is 0 Å². The highest BCUT2D eigenvalue weighted by Gasteiger charge is 2.42. The Morgan fingerprint density at radius 1 is 1.09 bits per heavy atom. The first-order valence-corrected chi connectivity index (χ1v) is 11.5. The summed E-state index contributed by atoms with van der Waals surface area (Å²) in [5, 5.41) is 20.6. The van der Waals surface area contributed by atoms with Gasteiger partial charge in [0.15, 0.2) is 0 Å². The number of allylic oxidation sites excluding steroid dienone is 2. The number of aliphatic carboxylic acids is 1. The number of nitrogens with one attached hydrogen (secondary N) is 2. The van der Waals surface area contributed by atoms with Gasteiger partial charge in [-0.2, -0.15) is 0 Å². The van der Waals surface area contributed by atoms with Gasteiger partial charge >= 0.3 is 12.0 Å². The average molecular weight is 469 g/mol. The highest BCUT2D eigenvalue weighted by Crippen LogP contribution is 2.43. The predicted molar refractivity (Wildman–Crippen MR) is 123 cm³/mol. The Labute approximate surface area is 191 Å². The fourth-order valence-corrected chi connectivity index (χ4v) is 5.64. The van der Waals surface area contributed by atoms with E-state index in [4.69, 9.17) is 16.9 Å². The van der Waals surface area contributed by atoms with Crippen molar-refractivity contribution in [2.24, 2.45) is 17.4 Å². The summed E-state index contributed by atoms with van der Waals surface area (Å²) >= 11 is 0. The molecule has 0 saturated carbocycles. The summed E-state index contributed by atoms with van der Waals surface area (Å²) < 4.78 is 27.0. The van der Waals surface area contributed by atoms with Gasteiger partial charge in [-0.15, -0.1) is 0 Å². The topological polar surface area (TPSA) is 176 Å². The first-order chi connectivity index (χ1) is 15.6. The summed E-state index contributed by atoms with van der Waals surface area (Å²) in [6, 6.07) is 15.2. The molecular weight excluding hydrogens is 444 g/mol. The molecule has 0 spiro atoms. The third kappa shape index (κ3) is 4.65. The molecule has 172 valence electrons. The number of carbonyl (C=O) groups is 2. The molecule has 0 radical (unpaired) electrons. The second kappa shape index (κ2) is 9.29. The van der Waals surface area contributed by atoms with Crippen molar-refractivity contribution in [3.05, 3.63) is 88.1 Å². The SMILES string of the molecule is CC1=C(NC(N)=O)C(C(CC(=O)O)c2ccccc2)C(N)=C(S(=O)(=O)c2ccccc2)C1=N. The largest absolute Gasteiger partial charge is 0.481 e. The molecule has 2 unspecified atom stereocenters. The van der Waals surface area contributed by atoms with Gasteiger partial charge in [0, 0.05) is 23.2 Å². The molecule has 2 amide bonds. The summed E-state index contributed by atoms with van der Waals surface area (Å²) in [5.74, 6) is -3.03. The molecule has 7 N–H and O–H groups in total. The van der Waals surface area contributed by atoms with E-state index < -0.39 is 50.7 Å². The standard InChI is InChI=1S/C23H24N4O5S/c1-13-19(24)22(33(31,32)15-10-6-3-7-11-15)20(25)18(21(13)27-23(26)30)16(12-17(28)29)14-8-4-2-5-9-14/h2-11,16,18,24H,12,25H2,1H3,(H,28,29)(H3,26,27,30). The fraction of sp³-hybridized carbons (Fsp3) is 0.174. The van der Waals surface area contributed by atoms with E-state index >= 15 is 0 Å². The van der Waals surface area contributed by atoms with Crippen molar-refractivity contribution in [1.29, 1.82) is 5.41 Å². The van der Waals surface area contributed by atoms with Crippen LogP contribution in [0.25, 0.3) is 0 Å². The molecule has 0 saturated heterocycles. The minimum Gasteiger partial charge on any atom is -0.481 e. The molecule has 1 aliphatic rings. The lowest BCUT2D eigenvalue weighted by molar-refractivity contribution is -0.137. The molecule has 0 bridgehead atoms. The maximum atomic E-state index is 13.5. The number of primary amides is 1. The van der Waals surface area contributed by atoms with Crippen LogP contribution in [0, 0.1) is 11.3 Å². The summed E-state index contributed by atoms with van der Waals surface area (Å²) in [6.45, 7) is 1.47. The third-order valence-electron chi connectivity index (χ3n) is 5.52. The first kappa shape index (κ1) is 23.7. The van der Waals surface area contributed by atoms with Crippen LogP contribution >= 0.6 is 0 Å². The number of hydrogen-bond donors (Lipinski definition) is 5. The fourth-order valence-electron chi connectivity index (χ4n) is 4.02. The number of amides is 2. The maximum absolute atomic E-state index is 13.5. The summed E-state index contributed by atoms with van der Waals surface area (Å²) in [6.07, 6.45) is -0.404. The molecule has 0 fully saturated rings. The second-order valence-electron chi connectivity index (χ2n) is 7.60. The van der Waals surface area contributed by atoms with Crippen LogP contribution in [0.15, 0.2) is 87.4 Å². The molecule has 1 aliphatic carbocycles. The zero-order valence-corrected chi connectivity index (χ0v) is 18.6. The number of benzene rings is 2. The number of hydrogen-bond acceptors (Lipinski definition) is 6. The molecule has 9 nitrogen and oxygen atoms in total. The Kier molecular flexibility index (Phi) is 6.68. The van der Waals surface area contributed by atoms with Crippen molar-refractivity contribution in [2.45, 2.75) is 24.2 Å². The quantitative estimate of drug-likeness (QED) is 0.417. The molecule has 33 heavy (non-hydrogen) atoms. The molecule has 0 aliphatic heterocycles. The van der Waals surface area contributed by atoms with Crippen LogP contribution in [0.5, 0.6) is 0 Å². The minimum absolute atomic E-state index is 0.0555. The first-order valence-electron chi connectivity index (χ1n) is 9.98. The number of urea groups is 1. The lowest BCUT2D eigenvalue weighted by Gasteiger charge is -2.35. The predicted octanol–water partition coefficient (Wildman–Crippen LogP) is 2.48. The Hall–Kier alpha value is -3.92. The van der Waals surface area contributed by atoms with Gasteiger partial charge in [0.25, 0.3) is 0 Å². The van der Waals surface area contributed by atoms with Gasteiger partial charge in [0.1, 0.15) is 4.91 Å². The van der Waals surface area contributed by atoms with Crippen LogP contribution in [0.3, 0.4) is 0 Å². The normalized spacial score (nSPS) is 17.6. The van der Waals surface area contributed by atoms with Crippen molar-refractivity contribution in [3.8, 4) is 0 Å². The molecule has 2 aromatic carbocycles. The van der Waals surface area contributed by atoms with E-state index in [1.54, 1.807) is 48.5 Å². The van der Waals surface area contributed by atoms with Crippen molar-refractivity contribution >= 4 is 27.5 Å². The van der Waals surface area contributed by atoms with Gasteiger partial charge in [-0.3, -0.25) is 10.2 Å². The van der Waals surface area contributed by atoms with Crippen LogP contribution in [-0.2, 0) is 14.6 Å². The van der Waals surface area contributed by atoms with Crippen LogP contribution in [0.2, 0.25) is 0 Å². The van der Waals surface area contributed by atoms with Gasteiger partial charge < -0.3 is 21.9 Å². The van der Waals surface area contributed by atoms with Crippen LogP contribution in [0.1, 0.15) is 24.8 Å². The average Bonchev–Trinajstić information content (AvgIpc) is 2.77. The number of sulfone groups is 1. The van der Waals surface area contributed by atoms with E-state index in [1.165, 1.54) is 19.1 Å². The lowest BCUT2D eigenvalue weighted by Crippen LogP contribution is -2.42. The van der Waals surface area contributed by atoms with Gasteiger partial charge in [-0.1, -0.05) is 48.5 Å². The zero-order valence-electron chi connectivity index (χ0n) is 17.8. The van der Waals surface area contributed by atoms with E-state index in [-0.39, 0.29) is 21.9 Å². The van der Waals surface area contributed by atoms with Crippen molar-refractivity contribution in [1.82, 2.24) is 5.32 Å². The monoisotopic (exact) mass is 468 g/mol. The van der Waals surface area contributed by atoms with E-state index in [1.807, 2.05) is 0 Å². The van der Waals surface area contributed by atoms with Crippen LogP contribution in [-0.4, -0.2) is 31.2 Å². The number of carboxylic acid groups (broad SMARTS) is 1. The number of carboxylic acids is 1. The van der Waals surface area contributed by atoms with Crippen LogP contribution in [0.4, 0.5) is 4.79 Å². The zero-order chi connectivity index (χ0) is 24.3. The minimum atomic E-state index is -4.22. The summed E-state index contributed by atoms with van der Waals surface area (Å²) in [7, 11) is -4.22. The Bertz CT molecular complexity index is 1270. The molecule has 2 atom stereocenters. The lowest BCUT2D eigenvalue weighted by atomic mass is 9.75. The third-order valence-corrected chi connectivity index (χ3v) is 7.39. The summed E-state index contributed by atoms with van der Waals surface area (Å²) in [5.41, 5.74) is 12.0. The van der Waals surface area contributed by atoms with E-state index in [0.29, 0.717) is 5.56 Å². The van der Waals surface area contributed by atoms with Gasteiger partial charge in [-0.25, -0.2) is 13.2 Å². The maximum Gasteiger partial charge on any atom is 0.316 e. The number of nitrogens with two attached hydrogens (primary N) is 2. The Morgan fingerprint density at radius 3 is 2.15 bits per heavy atom. The highest BCUT2D eigenvalue weighted by atomic mass is 32.2. The van der Waals surface area contributed by atoms with E-state index in [0.717, 1.165) is 0 Å². The smallest absolute Gasteiger partial charge is 0.316 e. The molecule has 0 aromatic heterocycles. The van der Waals surface area contributed by atoms with Gasteiger partial charge in [0.2, 0.25) is 9.84 Å². The summed E-state index contributed by atoms with van der Waals surface area (Å²) in [4.78, 5) is 23.1. The van der Waals surface area contributed by atoms with Gasteiger partial charge in [0.05, 0.1) is 17.0 Å². The van der Waals surface area contributed by atoms with E-state index in [2.05, 4.69) is 5.32 Å². The van der Waals surface area contributed by atoms with E-state index in [9.17, 15) is 23.1 Å². The Balaban J connectivity index is 2.31.